The summed E-state index contributed by atoms with van der Waals surface area (Å²) in [5.74, 6) is -3.54. The van der Waals surface area contributed by atoms with Crippen molar-refractivity contribution in [2.75, 3.05) is 0 Å². The highest BCUT2D eigenvalue weighted by molar-refractivity contribution is 7.11. The first-order valence-corrected chi connectivity index (χ1v) is 7.56. The lowest BCUT2D eigenvalue weighted by molar-refractivity contribution is -0.166. The monoisotopic (exact) mass is 394 g/mol. The van der Waals surface area contributed by atoms with Gasteiger partial charge in [0.2, 0.25) is 0 Å². The van der Waals surface area contributed by atoms with Gasteiger partial charge in [0.1, 0.15) is 0 Å². The summed E-state index contributed by atoms with van der Waals surface area (Å²) in [6.45, 7) is 0. The van der Waals surface area contributed by atoms with E-state index in [1.165, 1.54) is 17.5 Å². The first-order chi connectivity index (χ1) is 12.0. The van der Waals surface area contributed by atoms with Gasteiger partial charge in [-0.1, -0.05) is 12.1 Å². The Labute approximate surface area is 146 Å². The molecule has 1 N–H and O–H groups in total. The number of azo groups is 1. The summed E-state index contributed by atoms with van der Waals surface area (Å²) in [6, 6.07) is 5.96. The molecule has 4 nitrogen and oxygen atoms in total. The third kappa shape index (κ3) is 4.69. The summed E-state index contributed by atoms with van der Waals surface area (Å²) in [4.78, 5) is 11.4. The van der Waals surface area contributed by atoms with Crippen molar-refractivity contribution < 1.29 is 36.2 Å². The molecule has 2 aromatic rings. The third-order valence-electron chi connectivity index (χ3n) is 2.89. The molecule has 0 aliphatic heterocycles. The van der Waals surface area contributed by atoms with Crippen LogP contribution in [0.4, 0.5) is 32.0 Å². The van der Waals surface area contributed by atoms with E-state index < -0.39 is 40.8 Å². The van der Waals surface area contributed by atoms with Crippen molar-refractivity contribution in [2.24, 2.45) is 10.2 Å². The van der Waals surface area contributed by atoms with E-state index >= 15 is 0 Å². The van der Waals surface area contributed by atoms with E-state index in [-0.39, 0.29) is 4.88 Å². The van der Waals surface area contributed by atoms with Crippen molar-refractivity contribution in [1.82, 2.24) is 0 Å². The van der Waals surface area contributed by atoms with Gasteiger partial charge >= 0.3 is 12.4 Å². The number of nitrogens with zero attached hydrogens (tertiary/aromatic N) is 2. The molecule has 0 aliphatic rings. The summed E-state index contributed by atoms with van der Waals surface area (Å²) < 4.78 is 76.0. The van der Waals surface area contributed by atoms with E-state index in [2.05, 4.69) is 10.2 Å². The Morgan fingerprint density at radius 3 is 2.27 bits per heavy atom. The number of aliphatic hydroxyl groups is 1. The molecule has 0 saturated carbocycles. The van der Waals surface area contributed by atoms with Gasteiger partial charge in [-0.05, 0) is 29.6 Å². The number of rotatable bonds is 4. The number of hydrogen-bond acceptors (Lipinski definition) is 5. The van der Waals surface area contributed by atoms with Crippen LogP contribution in [0.5, 0.6) is 0 Å². The molecule has 0 fully saturated rings. The van der Waals surface area contributed by atoms with E-state index in [0.717, 1.165) is 29.5 Å². The minimum absolute atomic E-state index is 0.0828. The zero-order valence-corrected chi connectivity index (χ0v) is 13.3. The second-order valence-corrected chi connectivity index (χ2v) is 5.70. The Morgan fingerprint density at radius 1 is 1.04 bits per heavy atom. The number of thiophene rings is 1. The number of hydrogen-bond donors (Lipinski definition) is 1. The standard InChI is InChI=1S/C15H8F6N2O2S/c16-14(17,18)8-3-1-4-9(7-8)22-23-11(13(25)15(19,20)21)12(24)10-5-2-6-26-10/h1-7,24H. The molecule has 26 heavy (non-hydrogen) atoms. The Balaban J connectivity index is 2.47. The van der Waals surface area contributed by atoms with Crippen molar-refractivity contribution in [2.45, 2.75) is 12.4 Å². The highest BCUT2D eigenvalue weighted by Gasteiger charge is 2.43. The van der Waals surface area contributed by atoms with Crippen LogP contribution in [0.15, 0.2) is 57.7 Å². The fraction of sp³-hybridized carbons (Fsp3) is 0.133. The zero-order chi connectivity index (χ0) is 19.5. The number of carbonyl (C=O) groups excluding carboxylic acids is 1. The Hall–Kier alpha value is -2.69. The summed E-state index contributed by atoms with van der Waals surface area (Å²) >= 11 is 0.837. The number of aliphatic hydroxyl groups excluding tert-OH is 1. The van der Waals surface area contributed by atoms with Crippen LogP contribution in [0.25, 0.3) is 5.76 Å². The number of Topliss-reactive ketones (excluding diaryl/α,β-unsaturated/α-hetero) is 1. The van der Waals surface area contributed by atoms with Gasteiger partial charge < -0.3 is 5.11 Å². The van der Waals surface area contributed by atoms with Crippen LogP contribution in [-0.4, -0.2) is 17.1 Å². The summed E-state index contributed by atoms with van der Waals surface area (Å²) in [6.07, 6.45) is -10.0. The van der Waals surface area contributed by atoms with Crippen LogP contribution in [0, 0.1) is 0 Å². The highest BCUT2D eigenvalue weighted by Crippen LogP contribution is 2.33. The van der Waals surface area contributed by atoms with Gasteiger partial charge in [-0.25, -0.2) is 0 Å². The van der Waals surface area contributed by atoms with Crippen LogP contribution in [0.3, 0.4) is 0 Å². The summed E-state index contributed by atoms with van der Waals surface area (Å²) in [5.41, 5.74) is -2.95. The minimum atomic E-state index is -5.35. The molecular formula is C15H8F6N2O2S. The SMILES string of the molecule is O=C(C(N=Nc1cccc(C(F)(F)F)c1)=C(O)c1cccs1)C(F)(F)F. The van der Waals surface area contributed by atoms with E-state index in [0.29, 0.717) is 6.07 Å². The molecule has 1 aromatic heterocycles. The first kappa shape index (κ1) is 19.6. The van der Waals surface area contributed by atoms with Crippen molar-refractivity contribution in [3.63, 3.8) is 0 Å². The Morgan fingerprint density at radius 2 is 1.73 bits per heavy atom. The maximum atomic E-state index is 12.7. The number of halogens is 6. The largest absolute Gasteiger partial charge is 0.504 e. The third-order valence-corrected chi connectivity index (χ3v) is 3.77. The lowest BCUT2D eigenvalue weighted by atomic mass is 10.2. The van der Waals surface area contributed by atoms with Gasteiger partial charge in [0.15, 0.2) is 11.5 Å². The maximum absolute atomic E-state index is 12.7. The zero-order valence-electron chi connectivity index (χ0n) is 12.5. The van der Waals surface area contributed by atoms with Gasteiger partial charge in [0, 0.05) is 0 Å². The molecule has 0 aliphatic carbocycles. The lowest BCUT2D eigenvalue weighted by Gasteiger charge is -2.08. The van der Waals surface area contributed by atoms with E-state index in [9.17, 15) is 36.2 Å². The number of allylic oxidation sites excluding steroid dienone is 1. The van der Waals surface area contributed by atoms with Gasteiger partial charge in [0.25, 0.3) is 5.78 Å². The fourth-order valence-corrected chi connectivity index (χ4v) is 2.39. The van der Waals surface area contributed by atoms with Crippen molar-refractivity contribution >= 4 is 28.6 Å². The maximum Gasteiger partial charge on any atom is 0.456 e. The Kier molecular flexibility index (Phi) is 5.50. The number of ketones is 1. The fourth-order valence-electron chi connectivity index (χ4n) is 1.72. The van der Waals surface area contributed by atoms with Crippen LogP contribution in [-0.2, 0) is 11.0 Å². The van der Waals surface area contributed by atoms with Crippen molar-refractivity contribution in [3.8, 4) is 0 Å². The smallest absolute Gasteiger partial charge is 0.456 e. The molecule has 1 heterocycles. The minimum Gasteiger partial charge on any atom is -0.504 e. The lowest BCUT2D eigenvalue weighted by Crippen LogP contribution is -2.24. The van der Waals surface area contributed by atoms with Crippen LogP contribution < -0.4 is 0 Å². The van der Waals surface area contributed by atoms with Gasteiger partial charge in [0.05, 0.1) is 16.1 Å². The molecular weight excluding hydrogens is 386 g/mol. The average molecular weight is 394 g/mol. The van der Waals surface area contributed by atoms with Crippen LogP contribution in [0.1, 0.15) is 10.4 Å². The summed E-state index contributed by atoms with van der Waals surface area (Å²) in [5, 5.41) is 17.6. The second kappa shape index (κ2) is 7.28. The average Bonchev–Trinajstić information content (AvgIpc) is 3.07. The predicted octanol–water partition coefficient (Wildman–Crippen LogP) is 5.91. The first-order valence-electron chi connectivity index (χ1n) is 6.68. The molecule has 138 valence electrons. The molecule has 1 aromatic carbocycles. The topological polar surface area (TPSA) is 62.0 Å². The highest BCUT2D eigenvalue weighted by atomic mass is 32.1. The van der Waals surface area contributed by atoms with E-state index in [4.69, 9.17) is 0 Å². The molecule has 0 unspecified atom stereocenters. The quantitative estimate of drug-likeness (QED) is 0.303. The van der Waals surface area contributed by atoms with Crippen LogP contribution in [0.2, 0.25) is 0 Å². The molecule has 0 atom stereocenters. The molecule has 0 spiro atoms. The molecule has 0 radical (unpaired) electrons. The molecule has 2 rings (SSSR count). The van der Waals surface area contributed by atoms with Gasteiger partial charge in [-0.3, -0.25) is 4.79 Å². The van der Waals surface area contributed by atoms with Gasteiger partial charge in [-0.15, -0.1) is 16.5 Å². The molecule has 0 amide bonds. The number of benzene rings is 1. The Bertz CT molecular complexity index is 854. The van der Waals surface area contributed by atoms with E-state index in [1.54, 1.807) is 0 Å². The molecule has 0 saturated heterocycles. The predicted molar refractivity (Wildman–Crippen MR) is 80.9 cm³/mol. The number of alkyl halides is 6. The number of carbonyl (C=O) groups is 1. The molecule has 0 bridgehead atoms. The second-order valence-electron chi connectivity index (χ2n) is 4.75. The normalized spacial score (nSPS) is 13.8. The van der Waals surface area contributed by atoms with Gasteiger partial charge in [-0.2, -0.15) is 31.5 Å². The summed E-state index contributed by atoms with van der Waals surface area (Å²) in [7, 11) is 0. The van der Waals surface area contributed by atoms with E-state index in [1.807, 2.05) is 0 Å². The van der Waals surface area contributed by atoms with Crippen molar-refractivity contribution in [3.05, 3.63) is 57.9 Å². The molecule has 11 heteroatoms. The van der Waals surface area contributed by atoms with Crippen LogP contribution >= 0.6 is 11.3 Å². The van der Waals surface area contributed by atoms with Crippen molar-refractivity contribution in [1.29, 1.82) is 0 Å².